The predicted octanol–water partition coefficient (Wildman–Crippen LogP) is 0.603. The third kappa shape index (κ3) is 3.17. The number of anilines is 1. The van der Waals surface area contributed by atoms with Crippen molar-refractivity contribution in [2.45, 2.75) is 24.8 Å². The number of azide groups is 1. The van der Waals surface area contributed by atoms with E-state index in [9.17, 15) is 0 Å². The summed E-state index contributed by atoms with van der Waals surface area (Å²) in [7, 11) is -2.51. The number of hydrogen-bond donors (Lipinski definition) is 3. The van der Waals surface area contributed by atoms with E-state index < -0.39 is 27.0 Å². The van der Waals surface area contributed by atoms with E-state index in [-0.39, 0.29) is 12.4 Å². The molecule has 0 bridgehead atoms. The Kier molecular flexibility index (Phi) is 4.53. The van der Waals surface area contributed by atoms with Crippen molar-refractivity contribution < 1.29 is 19.0 Å². The van der Waals surface area contributed by atoms with Crippen LogP contribution in [0.25, 0.3) is 21.6 Å². The van der Waals surface area contributed by atoms with Gasteiger partial charge in [0.1, 0.15) is 18.1 Å². The predicted molar refractivity (Wildman–Crippen MR) is 78.5 cm³/mol. The number of nitrogens with zero attached hydrogens (tertiary/aromatic N) is 7. The van der Waals surface area contributed by atoms with Crippen LogP contribution in [0.2, 0.25) is 0 Å². The monoisotopic (exact) mass is 340 g/mol. The number of rotatable bonds is 5. The zero-order chi connectivity index (χ0) is 16.4. The first kappa shape index (κ1) is 15.8. The van der Waals surface area contributed by atoms with E-state index in [1.165, 1.54) is 12.7 Å². The van der Waals surface area contributed by atoms with E-state index in [2.05, 4.69) is 25.0 Å². The van der Waals surface area contributed by atoms with Crippen LogP contribution in [0.3, 0.4) is 0 Å². The van der Waals surface area contributed by atoms with Crippen molar-refractivity contribution in [2.24, 2.45) is 5.11 Å². The van der Waals surface area contributed by atoms with E-state index in [0.29, 0.717) is 17.6 Å². The number of nitrogens with two attached hydrogens (primary N) is 1. The Morgan fingerprint density at radius 3 is 3.09 bits per heavy atom. The zero-order valence-electron chi connectivity index (χ0n) is 11.7. The molecule has 12 nitrogen and oxygen atoms in total. The molecular formula is C10H13N8O4P. The largest absolute Gasteiger partial charge is 0.382 e. The van der Waals surface area contributed by atoms with Crippen LogP contribution in [-0.2, 0) is 9.26 Å². The second-order valence-electron chi connectivity index (χ2n) is 4.77. The lowest BCUT2D eigenvalue weighted by atomic mass is 10.1. The van der Waals surface area contributed by atoms with Gasteiger partial charge in [-0.05, 0) is 5.53 Å². The van der Waals surface area contributed by atoms with Gasteiger partial charge in [-0.2, -0.15) is 0 Å². The van der Waals surface area contributed by atoms with Gasteiger partial charge >= 0.3 is 8.60 Å². The van der Waals surface area contributed by atoms with Gasteiger partial charge in [-0.15, -0.1) is 0 Å². The van der Waals surface area contributed by atoms with Gasteiger partial charge in [0.15, 0.2) is 11.5 Å². The smallest absolute Gasteiger partial charge is 0.327 e. The summed E-state index contributed by atoms with van der Waals surface area (Å²) in [6.45, 7) is -0.108. The Hall–Kier alpha value is -2.07. The van der Waals surface area contributed by atoms with Crippen LogP contribution in [0, 0.1) is 0 Å². The van der Waals surface area contributed by atoms with Crippen LogP contribution < -0.4 is 5.73 Å². The van der Waals surface area contributed by atoms with Crippen molar-refractivity contribution in [2.75, 3.05) is 12.3 Å². The van der Waals surface area contributed by atoms with Gasteiger partial charge in [0.2, 0.25) is 0 Å². The molecule has 3 atom stereocenters. The summed E-state index contributed by atoms with van der Waals surface area (Å²) in [5, 5.41) is 3.67. The molecule has 1 aliphatic heterocycles. The Labute approximate surface area is 130 Å². The normalized spacial score (nSPS) is 24.2. The summed E-state index contributed by atoms with van der Waals surface area (Å²) in [6.07, 6.45) is 2.09. The van der Waals surface area contributed by atoms with Crippen molar-refractivity contribution in [1.29, 1.82) is 0 Å². The van der Waals surface area contributed by atoms with Crippen molar-refractivity contribution in [3.8, 4) is 0 Å². The number of nitrogen functional groups attached to an aromatic ring is 1. The molecule has 2 aromatic rings. The first-order valence-electron chi connectivity index (χ1n) is 6.53. The van der Waals surface area contributed by atoms with Gasteiger partial charge in [0.05, 0.1) is 25.1 Å². The highest BCUT2D eigenvalue weighted by Crippen LogP contribution is 2.35. The third-order valence-corrected chi connectivity index (χ3v) is 3.84. The average molecular weight is 340 g/mol. The van der Waals surface area contributed by atoms with Gasteiger partial charge in [-0.25, -0.2) is 15.0 Å². The minimum Gasteiger partial charge on any atom is -0.382 e. The fourth-order valence-electron chi connectivity index (χ4n) is 2.44. The van der Waals surface area contributed by atoms with E-state index in [4.69, 9.17) is 30.3 Å². The maximum atomic E-state index is 8.84. The van der Waals surface area contributed by atoms with E-state index in [1.54, 1.807) is 4.57 Å². The molecule has 13 heteroatoms. The van der Waals surface area contributed by atoms with Crippen LogP contribution in [0.5, 0.6) is 0 Å². The second-order valence-corrected chi connectivity index (χ2v) is 5.53. The number of ether oxygens (including phenoxy) is 1. The van der Waals surface area contributed by atoms with Gasteiger partial charge in [0.25, 0.3) is 0 Å². The Morgan fingerprint density at radius 1 is 1.52 bits per heavy atom. The first-order chi connectivity index (χ1) is 11.1. The quantitative estimate of drug-likeness (QED) is 0.306. The summed E-state index contributed by atoms with van der Waals surface area (Å²) in [4.78, 5) is 32.6. The summed E-state index contributed by atoms with van der Waals surface area (Å²) < 4.78 is 12.2. The molecule has 0 radical (unpaired) electrons. The van der Waals surface area contributed by atoms with Crippen molar-refractivity contribution in [1.82, 2.24) is 19.5 Å². The Balaban J connectivity index is 1.85. The van der Waals surface area contributed by atoms with Gasteiger partial charge in [0, 0.05) is 11.3 Å². The Bertz CT molecular complexity index is 748. The molecule has 4 N–H and O–H groups in total. The van der Waals surface area contributed by atoms with Crippen molar-refractivity contribution in [3.63, 3.8) is 0 Å². The summed E-state index contributed by atoms with van der Waals surface area (Å²) in [6, 6.07) is -0.517. The highest BCUT2D eigenvalue weighted by molar-refractivity contribution is 7.39. The maximum Gasteiger partial charge on any atom is 0.327 e. The Morgan fingerprint density at radius 2 is 2.35 bits per heavy atom. The molecule has 122 valence electrons. The lowest BCUT2D eigenvalue weighted by molar-refractivity contribution is -0.0201. The number of aromatic nitrogens is 4. The fraction of sp³-hybridized carbons (Fsp3) is 0.500. The molecule has 1 saturated heterocycles. The first-order valence-corrected chi connectivity index (χ1v) is 7.70. The van der Waals surface area contributed by atoms with Crippen LogP contribution in [0.4, 0.5) is 5.82 Å². The van der Waals surface area contributed by atoms with Gasteiger partial charge in [-0.3, -0.25) is 4.57 Å². The lowest BCUT2D eigenvalue weighted by Crippen LogP contribution is -2.24. The van der Waals surface area contributed by atoms with Crippen molar-refractivity contribution in [3.05, 3.63) is 23.1 Å². The molecular weight excluding hydrogens is 327 g/mol. The second kappa shape index (κ2) is 6.59. The highest BCUT2D eigenvalue weighted by Gasteiger charge is 2.37. The molecule has 3 rings (SSSR count). The maximum absolute atomic E-state index is 8.84. The molecule has 1 fully saturated rings. The van der Waals surface area contributed by atoms with Gasteiger partial charge < -0.3 is 24.8 Å². The summed E-state index contributed by atoms with van der Waals surface area (Å²) >= 11 is 0. The topological polar surface area (TPSA) is 177 Å². The van der Waals surface area contributed by atoms with Crippen LogP contribution in [-0.4, -0.2) is 48.1 Å². The molecule has 3 heterocycles. The SMILES string of the molecule is [N-]=[N+]=NC1CC(n2cnc3c(N)ncnc32)OC1COP(O)O. The molecule has 0 spiro atoms. The van der Waals surface area contributed by atoms with Crippen LogP contribution in [0.15, 0.2) is 17.8 Å². The van der Waals surface area contributed by atoms with E-state index >= 15 is 0 Å². The minimum atomic E-state index is -2.51. The van der Waals surface area contributed by atoms with Crippen LogP contribution >= 0.6 is 8.60 Å². The van der Waals surface area contributed by atoms with Gasteiger partial charge in [-0.1, -0.05) is 5.11 Å². The molecule has 2 aromatic heterocycles. The van der Waals surface area contributed by atoms with E-state index in [0.717, 1.165) is 0 Å². The molecule has 3 unspecified atom stereocenters. The molecule has 1 aliphatic rings. The number of fused-ring (bicyclic) bond motifs is 1. The molecule has 0 aliphatic carbocycles. The fourth-order valence-corrected chi connectivity index (χ4v) is 2.72. The number of imidazole rings is 1. The summed E-state index contributed by atoms with van der Waals surface area (Å²) in [5.41, 5.74) is 15.3. The van der Waals surface area contributed by atoms with E-state index in [1.807, 2.05) is 0 Å². The molecule has 0 aromatic carbocycles. The molecule has 0 amide bonds. The molecule has 0 saturated carbocycles. The zero-order valence-corrected chi connectivity index (χ0v) is 12.6. The lowest BCUT2D eigenvalue weighted by Gasteiger charge is -2.16. The molecule has 23 heavy (non-hydrogen) atoms. The minimum absolute atomic E-state index is 0.108. The summed E-state index contributed by atoms with van der Waals surface area (Å²) in [5.74, 6) is 0.254. The highest BCUT2D eigenvalue weighted by atomic mass is 31.2. The number of hydrogen-bond acceptors (Lipinski definition) is 9. The standard InChI is InChI=1S/C10H13N8O4P/c11-9-8-10(14-3-13-9)18(4-15-8)7-1-5(16-17-12)6(22-7)2-21-23(19)20/h3-7,19-20H,1-2H2,(H2,11,13,14). The third-order valence-electron chi connectivity index (χ3n) is 3.46. The van der Waals surface area contributed by atoms with Crippen molar-refractivity contribution >= 4 is 25.6 Å². The average Bonchev–Trinajstić information content (AvgIpc) is 3.10. The van der Waals surface area contributed by atoms with Crippen LogP contribution in [0.1, 0.15) is 12.6 Å².